The first-order valence-electron chi connectivity index (χ1n) is 7.18. The molecule has 0 aromatic heterocycles. The van der Waals surface area contributed by atoms with Crippen LogP contribution in [0.25, 0.3) is 0 Å². The molecule has 1 fully saturated rings. The van der Waals surface area contributed by atoms with Crippen LogP contribution in [0.4, 0.5) is 0 Å². The molecule has 0 bridgehead atoms. The molecule has 0 radical (unpaired) electrons. The van der Waals surface area contributed by atoms with Crippen LogP contribution in [0.2, 0.25) is 0 Å². The Bertz CT molecular complexity index is 302. The van der Waals surface area contributed by atoms with Gasteiger partial charge >= 0.3 is 0 Å². The third kappa shape index (κ3) is 6.05. The zero-order valence-corrected chi connectivity index (χ0v) is 12.4. The molecular weight excluding hydrogens is 242 g/mol. The highest BCUT2D eigenvalue weighted by atomic mass is 16.2. The second kappa shape index (κ2) is 7.48. The minimum atomic E-state index is -0.361. The van der Waals surface area contributed by atoms with E-state index in [1.54, 1.807) is 0 Å². The van der Waals surface area contributed by atoms with E-state index in [4.69, 9.17) is 0 Å². The quantitative estimate of drug-likeness (QED) is 0.740. The number of hydrogen-bond acceptors (Lipinski definition) is 3. The smallest absolute Gasteiger partial charge is 0.225 e. The van der Waals surface area contributed by atoms with Gasteiger partial charge in [0.2, 0.25) is 11.8 Å². The van der Waals surface area contributed by atoms with E-state index in [2.05, 4.69) is 10.6 Å². The van der Waals surface area contributed by atoms with Crippen LogP contribution >= 0.6 is 0 Å². The van der Waals surface area contributed by atoms with Gasteiger partial charge in [-0.1, -0.05) is 20.8 Å². The van der Waals surface area contributed by atoms with Gasteiger partial charge in [-0.05, 0) is 19.4 Å². The van der Waals surface area contributed by atoms with Crippen LogP contribution in [0.3, 0.4) is 0 Å². The lowest BCUT2D eigenvalue weighted by Gasteiger charge is -2.20. The number of rotatable bonds is 4. The zero-order chi connectivity index (χ0) is 14.3. The molecule has 0 spiro atoms. The van der Waals surface area contributed by atoms with Crippen molar-refractivity contribution in [2.24, 2.45) is 5.41 Å². The second-order valence-corrected chi connectivity index (χ2v) is 6.09. The van der Waals surface area contributed by atoms with E-state index in [-0.39, 0.29) is 17.2 Å². The van der Waals surface area contributed by atoms with Crippen LogP contribution in [0.1, 0.15) is 40.0 Å². The molecule has 1 aliphatic heterocycles. The summed E-state index contributed by atoms with van der Waals surface area (Å²) < 4.78 is 0. The maximum Gasteiger partial charge on any atom is 0.225 e. The zero-order valence-electron chi connectivity index (χ0n) is 12.4. The van der Waals surface area contributed by atoms with Crippen molar-refractivity contribution in [3.05, 3.63) is 0 Å². The summed E-state index contributed by atoms with van der Waals surface area (Å²) in [5, 5.41) is 6.15. The number of carbonyl (C=O) groups is 2. The molecule has 5 nitrogen and oxygen atoms in total. The summed E-state index contributed by atoms with van der Waals surface area (Å²) in [4.78, 5) is 25.5. The van der Waals surface area contributed by atoms with Crippen molar-refractivity contribution in [1.82, 2.24) is 15.5 Å². The third-order valence-electron chi connectivity index (χ3n) is 3.23. The van der Waals surface area contributed by atoms with Gasteiger partial charge in [0, 0.05) is 38.0 Å². The lowest BCUT2D eigenvalue weighted by Crippen LogP contribution is -2.37. The molecule has 0 saturated carbocycles. The molecule has 110 valence electrons. The first kappa shape index (κ1) is 16.0. The summed E-state index contributed by atoms with van der Waals surface area (Å²) in [5.74, 6) is 0.243. The van der Waals surface area contributed by atoms with Crippen molar-refractivity contribution in [3.63, 3.8) is 0 Å². The predicted molar refractivity (Wildman–Crippen MR) is 75.8 cm³/mol. The van der Waals surface area contributed by atoms with Gasteiger partial charge in [-0.2, -0.15) is 0 Å². The number of nitrogens with one attached hydrogen (secondary N) is 2. The highest BCUT2D eigenvalue weighted by molar-refractivity contribution is 5.81. The summed E-state index contributed by atoms with van der Waals surface area (Å²) in [7, 11) is 0. The molecule has 0 aromatic carbocycles. The Balaban J connectivity index is 2.18. The van der Waals surface area contributed by atoms with Gasteiger partial charge in [0.25, 0.3) is 0 Å². The second-order valence-electron chi connectivity index (χ2n) is 6.09. The van der Waals surface area contributed by atoms with Gasteiger partial charge in [0.05, 0.1) is 0 Å². The molecular formula is C14H27N3O2. The number of carbonyl (C=O) groups excluding carboxylic acids is 2. The van der Waals surface area contributed by atoms with Crippen molar-refractivity contribution in [2.75, 3.05) is 32.7 Å². The predicted octanol–water partition coefficient (Wildman–Crippen LogP) is 0.751. The maximum absolute atomic E-state index is 12.0. The molecule has 2 amide bonds. The molecule has 0 aromatic rings. The molecule has 1 saturated heterocycles. The minimum Gasteiger partial charge on any atom is -0.356 e. The van der Waals surface area contributed by atoms with Crippen LogP contribution in [-0.2, 0) is 9.59 Å². The molecule has 19 heavy (non-hydrogen) atoms. The van der Waals surface area contributed by atoms with Crippen molar-refractivity contribution < 1.29 is 9.59 Å². The number of hydrogen-bond donors (Lipinski definition) is 2. The van der Waals surface area contributed by atoms with Gasteiger partial charge in [-0.15, -0.1) is 0 Å². The number of nitrogens with zero attached hydrogens (tertiary/aromatic N) is 1. The molecule has 1 aliphatic rings. The third-order valence-corrected chi connectivity index (χ3v) is 3.23. The Hall–Kier alpha value is -1.10. The molecule has 1 heterocycles. The Kier molecular flexibility index (Phi) is 6.28. The highest BCUT2D eigenvalue weighted by Gasteiger charge is 2.20. The standard InChI is InChI=1S/C14H27N3O2/c1-14(2,3)13(19)16-8-4-6-12(18)17-10-5-7-15-9-11-17/h15H,4-11H2,1-3H3,(H,16,19). The summed E-state index contributed by atoms with van der Waals surface area (Å²) >= 11 is 0. The van der Waals surface area contributed by atoms with Gasteiger partial charge in [0.15, 0.2) is 0 Å². The molecule has 2 N–H and O–H groups in total. The first-order chi connectivity index (χ1) is 8.91. The van der Waals surface area contributed by atoms with E-state index in [0.29, 0.717) is 19.4 Å². The van der Waals surface area contributed by atoms with Gasteiger partial charge in [0.1, 0.15) is 0 Å². The summed E-state index contributed by atoms with van der Waals surface area (Å²) in [6, 6.07) is 0. The van der Waals surface area contributed by atoms with Crippen LogP contribution in [0.5, 0.6) is 0 Å². The van der Waals surface area contributed by atoms with Crippen molar-refractivity contribution >= 4 is 11.8 Å². The Morgan fingerprint density at radius 2 is 1.95 bits per heavy atom. The lowest BCUT2D eigenvalue weighted by atomic mass is 9.96. The summed E-state index contributed by atoms with van der Waals surface area (Å²) in [5.41, 5.74) is -0.361. The average Bonchev–Trinajstić information content (AvgIpc) is 2.61. The number of amides is 2. The Labute approximate surface area is 116 Å². The Morgan fingerprint density at radius 3 is 2.63 bits per heavy atom. The van der Waals surface area contributed by atoms with Crippen LogP contribution < -0.4 is 10.6 Å². The first-order valence-corrected chi connectivity index (χ1v) is 7.18. The normalized spacial score (nSPS) is 16.9. The van der Waals surface area contributed by atoms with E-state index in [1.165, 1.54) is 0 Å². The van der Waals surface area contributed by atoms with Crippen LogP contribution in [0.15, 0.2) is 0 Å². The van der Waals surface area contributed by atoms with Gasteiger partial charge in [-0.25, -0.2) is 0 Å². The average molecular weight is 269 g/mol. The van der Waals surface area contributed by atoms with E-state index in [9.17, 15) is 9.59 Å². The van der Waals surface area contributed by atoms with Crippen molar-refractivity contribution in [1.29, 1.82) is 0 Å². The van der Waals surface area contributed by atoms with Gasteiger partial charge in [-0.3, -0.25) is 9.59 Å². The van der Waals surface area contributed by atoms with Crippen molar-refractivity contribution in [2.45, 2.75) is 40.0 Å². The van der Waals surface area contributed by atoms with E-state index in [1.807, 2.05) is 25.7 Å². The summed E-state index contributed by atoms with van der Waals surface area (Å²) in [6.45, 7) is 9.76. The van der Waals surface area contributed by atoms with E-state index < -0.39 is 0 Å². The van der Waals surface area contributed by atoms with Gasteiger partial charge < -0.3 is 15.5 Å². The highest BCUT2D eigenvalue weighted by Crippen LogP contribution is 2.12. The largest absolute Gasteiger partial charge is 0.356 e. The molecule has 5 heteroatoms. The van der Waals surface area contributed by atoms with Crippen molar-refractivity contribution in [3.8, 4) is 0 Å². The minimum absolute atomic E-state index is 0.0407. The lowest BCUT2D eigenvalue weighted by molar-refractivity contribution is -0.132. The molecule has 0 aliphatic carbocycles. The topological polar surface area (TPSA) is 61.4 Å². The fourth-order valence-corrected chi connectivity index (χ4v) is 1.96. The fourth-order valence-electron chi connectivity index (χ4n) is 1.96. The molecule has 1 rings (SSSR count). The Morgan fingerprint density at radius 1 is 1.21 bits per heavy atom. The van der Waals surface area contributed by atoms with Crippen LogP contribution in [0, 0.1) is 5.41 Å². The maximum atomic E-state index is 12.0. The van der Waals surface area contributed by atoms with E-state index >= 15 is 0 Å². The summed E-state index contributed by atoms with van der Waals surface area (Å²) in [6.07, 6.45) is 2.25. The SMILES string of the molecule is CC(C)(C)C(=O)NCCCC(=O)N1CCCNCC1. The van der Waals surface area contributed by atoms with E-state index in [0.717, 1.165) is 32.6 Å². The molecule has 0 unspecified atom stereocenters. The monoisotopic (exact) mass is 269 g/mol. The molecule has 0 atom stereocenters. The van der Waals surface area contributed by atoms with Crippen LogP contribution in [-0.4, -0.2) is 49.4 Å². The fraction of sp³-hybridized carbons (Fsp3) is 0.857.